The second-order valence-electron chi connectivity index (χ2n) is 4.58. The zero-order valence-corrected chi connectivity index (χ0v) is 11.7. The van der Waals surface area contributed by atoms with Crippen molar-refractivity contribution < 1.29 is 5.11 Å². The molecule has 0 bridgehead atoms. The van der Waals surface area contributed by atoms with E-state index >= 15 is 0 Å². The van der Waals surface area contributed by atoms with Gasteiger partial charge in [-0.2, -0.15) is 0 Å². The minimum absolute atomic E-state index is 0.528. The summed E-state index contributed by atoms with van der Waals surface area (Å²) in [6.07, 6.45) is 0.120. The lowest BCUT2D eigenvalue weighted by atomic mass is 10.1. The molecule has 19 heavy (non-hydrogen) atoms. The summed E-state index contributed by atoms with van der Waals surface area (Å²) in [4.78, 5) is 2.13. The number of para-hydroxylation sites is 1. The SMILES string of the molecule is CN(CCC(O)c1ccccc1Cl)c1ccccc1. The van der Waals surface area contributed by atoms with E-state index in [1.807, 2.05) is 43.4 Å². The minimum atomic E-state index is -0.528. The van der Waals surface area contributed by atoms with Crippen molar-refractivity contribution in [2.45, 2.75) is 12.5 Å². The van der Waals surface area contributed by atoms with Crippen LogP contribution in [0.3, 0.4) is 0 Å². The lowest BCUT2D eigenvalue weighted by Gasteiger charge is -2.21. The number of anilines is 1. The highest BCUT2D eigenvalue weighted by Gasteiger charge is 2.12. The number of rotatable bonds is 5. The highest BCUT2D eigenvalue weighted by molar-refractivity contribution is 6.31. The first kappa shape index (κ1) is 13.9. The molecule has 0 spiro atoms. The summed E-state index contributed by atoms with van der Waals surface area (Å²) in [7, 11) is 2.02. The van der Waals surface area contributed by atoms with Crippen LogP contribution in [0, 0.1) is 0 Å². The Kier molecular flexibility index (Phi) is 4.83. The van der Waals surface area contributed by atoms with Gasteiger partial charge in [0, 0.05) is 24.3 Å². The van der Waals surface area contributed by atoms with E-state index in [9.17, 15) is 5.11 Å². The van der Waals surface area contributed by atoms with Crippen LogP contribution in [0.1, 0.15) is 18.1 Å². The number of nitrogens with zero attached hydrogens (tertiary/aromatic N) is 1. The van der Waals surface area contributed by atoms with Crippen LogP contribution in [-0.4, -0.2) is 18.7 Å². The summed E-state index contributed by atoms with van der Waals surface area (Å²) in [5.41, 5.74) is 1.94. The normalized spacial score (nSPS) is 12.2. The fourth-order valence-corrected chi connectivity index (χ4v) is 2.29. The van der Waals surface area contributed by atoms with Crippen LogP contribution in [-0.2, 0) is 0 Å². The lowest BCUT2D eigenvalue weighted by molar-refractivity contribution is 0.170. The summed E-state index contributed by atoms with van der Waals surface area (Å²) in [5.74, 6) is 0. The third kappa shape index (κ3) is 3.72. The molecular formula is C16H18ClNO. The van der Waals surface area contributed by atoms with Gasteiger partial charge in [-0.25, -0.2) is 0 Å². The standard InChI is InChI=1S/C16H18ClNO/c1-18(13-7-3-2-4-8-13)12-11-16(19)14-9-5-6-10-15(14)17/h2-10,16,19H,11-12H2,1H3. The highest BCUT2D eigenvalue weighted by Crippen LogP contribution is 2.25. The van der Waals surface area contributed by atoms with Gasteiger partial charge in [0.25, 0.3) is 0 Å². The van der Waals surface area contributed by atoms with Crippen molar-refractivity contribution in [3.8, 4) is 0 Å². The highest BCUT2D eigenvalue weighted by atomic mass is 35.5. The van der Waals surface area contributed by atoms with Crippen molar-refractivity contribution in [1.82, 2.24) is 0 Å². The average Bonchev–Trinajstić information content (AvgIpc) is 2.46. The second kappa shape index (κ2) is 6.60. The molecular weight excluding hydrogens is 258 g/mol. The fourth-order valence-electron chi connectivity index (χ4n) is 2.03. The van der Waals surface area contributed by atoms with Crippen molar-refractivity contribution in [2.24, 2.45) is 0 Å². The maximum atomic E-state index is 10.2. The first-order valence-electron chi connectivity index (χ1n) is 6.37. The van der Waals surface area contributed by atoms with Crippen molar-refractivity contribution in [3.63, 3.8) is 0 Å². The molecule has 0 aromatic heterocycles. The van der Waals surface area contributed by atoms with Crippen LogP contribution in [0.4, 0.5) is 5.69 Å². The van der Waals surface area contributed by atoms with Gasteiger partial charge in [-0.05, 0) is 30.2 Å². The van der Waals surface area contributed by atoms with Gasteiger partial charge in [0.05, 0.1) is 6.10 Å². The molecule has 0 amide bonds. The fraction of sp³-hybridized carbons (Fsp3) is 0.250. The molecule has 2 nitrogen and oxygen atoms in total. The van der Waals surface area contributed by atoms with E-state index in [2.05, 4.69) is 17.0 Å². The lowest BCUT2D eigenvalue weighted by Crippen LogP contribution is -2.20. The molecule has 1 atom stereocenters. The minimum Gasteiger partial charge on any atom is -0.388 e. The Labute approximate surface area is 119 Å². The molecule has 0 aliphatic carbocycles. The Morgan fingerprint density at radius 1 is 1.05 bits per heavy atom. The third-order valence-corrected chi connectivity index (χ3v) is 3.54. The Morgan fingerprint density at radius 2 is 1.68 bits per heavy atom. The average molecular weight is 276 g/mol. The topological polar surface area (TPSA) is 23.5 Å². The predicted octanol–water partition coefficient (Wildman–Crippen LogP) is 3.90. The molecule has 100 valence electrons. The van der Waals surface area contributed by atoms with Crippen LogP contribution in [0.5, 0.6) is 0 Å². The number of aliphatic hydroxyl groups excluding tert-OH is 1. The molecule has 0 radical (unpaired) electrons. The van der Waals surface area contributed by atoms with Gasteiger partial charge in [0.2, 0.25) is 0 Å². The van der Waals surface area contributed by atoms with Gasteiger partial charge >= 0.3 is 0 Å². The van der Waals surface area contributed by atoms with E-state index in [0.717, 1.165) is 17.8 Å². The van der Waals surface area contributed by atoms with Crippen molar-refractivity contribution >= 4 is 17.3 Å². The number of aliphatic hydroxyl groups is 1. The molecule has 0 aliphatic rings. The van der Waals surface area contributed by atoms with Crippen molar-refractivity contribution in [3.05, 3.63) is 65.2 Å². The summed E-state index contributed by atoms with van der Waals surface area (Å²) in [6, 6.07) is 17.6. The molecule has 0 saturated carbocycles. The number of hydrogen-bond donors (Lipinski definition) is 1. The Morgan fingerprint density at radius 3 is 2.37 bits per heavy atom. The monoisotopic (exact) mass is 275 g/mol. The number of hydrogen-bond acceptors (Lipinski definition) is 2. The Balaban J connectivity index is 1.94. The molecule has 2 rings (SSSR count). The maximum Gasteiger partial charge on any atom is 0.0821 e. The van der Waals surface area contributed by atoms with Gasteiger partial charge in [0.15, 0.2) is 0 Å². The zero-order valence-electron chi connectivity index (χ0n) is 11.0. The van der Waals surface area contributed by atoms with Crippen molar-refractivity contribution in [1.29, 1.82) is 0 Å². The van der Waals surface area contributed by atoms with Gasteiger partial charge in [-0.3, -0.25) is 0 Å². The first-order chi connectivity index (χ1) is 9.18. The summed E-state index contributed by atoms with van der Waals surface area (Å²) < 4.78 is 0. The number of halogens is 1. The van der Waals surface area contributed by atoms with E-state index in [0.29, 0.717) is 11.4 Å². The molecule has 3 heteroatoms. The van der Waals surface area contributed by atoms with Gasteiger partial charge < -0.3 is 10.0 Å². The van der Waals surface area contributed by atoms with E-state index in [-0.39, 0.29) is 0 Å². The van der Waals surface area contributed by atoms with E-state index in [1.54, 1.807) is 6.07 Å². The molecule has 2 aromatic rings. The van der Waals surface area contributed by atoms with E-state index in [1.165, 1.54) is 0 Å². The maximum absolute atomic E-state index is 10.2. The molecule has 0 aliphatic heterocycles. The third-order valence-electron chi connectivity index (χ3n) is 3.20. The largest absolute Gasteiger partial charge is 0.388 e. The number of benzene rings is 2. The molecule has 0 saturated heterocycles. The van der Waals surface area contributed by atoms with Crippen LogP contribution in [0.25, 0.3) is 0 Å². The first-order valence-corrected chi connectivity index (χ1v) is 6.75. The summed E-state index contributed by atoms with van der Waals surface area (Å²) in [6.45, 7) is 0.774. The molecule has 2 aromatic carbocycles. The van der Waals surface area contributed by atoms with E-state index < -0.39 is 6.10 Å². The zero-order chi connectivity index (χ0) is 13.7. The van der Waals surface area contributed by atoms with Crippen LogP contribution in [0.2, 0.25) is 5.02 Å². The van der Waals surface area contributed by atoms with Crippen molar-refractivity contribution in [2.75, 3.05) is 18.5 Å². The van der Waals surface area contributed by atoms with Gasteiger partial charge in [0.1, 0.15) is 0 Å². The predicted molar refractivity (Wildman–Crippen MR) is 80.7 cm³/mol. The van der Waals surface area contributed by atoms with E-state index in [4.69, 9.17) is 11.6 Å². The molecule has 1 N–H and O–H groups in total. The molecule has 0 heterocycles. The smallest absolute Gasteiger partial charge is 0.0821 e. The van der Waals surface area contributed by atoms with Crippen LogP contribution >= 0.6 is 11.6 Å². The summed E-state index contributed by atoms with van der Waals surface area (Å²) >= 11 is 6.08. The van der Waals surface area contributed by atoms with Gasteiger partial charge in [-0.1, -0.05) is 48.0 Å². The quantitative estimate of drug-likeness (QED) is 0.895. The van der Waals surface area contributed by atoms with Crippen LogP contribution < -0.4 is 4.90 Å². The summed E-state index contributed by atoms with van der Waals surface area (Å²) in [5, 5.41) is 10.8. The Bertz CT molecular complexity index is 515. The molecule has 1 unspecified atom stereocenters. The second-order valence-corrected chi connectivity index (χ2v) is 4.99. The Hall–Kier alpha value is -1.51. The van der Waals surface area contributed by atoms with Crippen LogP contribution in [0.15, 0.2) is 54.6 Å². The molecule has 0 fully saturated rings. The van der Waals surface area contributed by atoms with Gasteiger partial charge in [-0.15, -0.1) is 0 Å².